The van der Waals surface area contributed by atoms with E-state index in [1.54, 1.807) is 0 Å². The van der Waals surface area contributed by atoms with Crippen molar-refractivity contribution in [2.75, 3.05) is 0 Å². The molecular weight excluding hydrogens is 327 g/mol. The van der Waals surface area contributed by atoms with Gasteiger partial charge in [-0.2, -0.15) is 4.98 Å². The molecule has 0 aliphatic carbocycles. The van der Waals surface area contributed by atoms with Crippen LogP contribution >= 0.6 is 22.9 Å². The van der Waals surface area contributed by atoms with Crippen molar-refractivity contribution in [1.29, 1.82) is 0 Å². The first-order valence-corrected chi connectivity index (χ1v) is 6.51. The average Bonchev–Trinajstić information content (AvgIpc) is 2.74. The van der Waals surface area contributed by atoms with Gasteiger partial charge in [-0.3, -0.25) is 10.1 Å². The van der Waals surface area contributed by atoms with E-state index in [2.05, 4.69) is 4.98 Å². The summed E-state index contributed by atoms with van der Waals surface area (Å²) in [6.07, 6.45) is 0. The number of carbonyl (C=O) groups is 1. The van der Waals surface area contributed by atoms with E-state index in [-0.39, 0.29) is 32.2 Å². The van der Waals surface area contributed by atoms with Gasteiger partial charge in [0.1, 0.15) is 0 Å². The van der Waals surface area contributed by atoms with Gasteiger partial charge in [0.15, 0.2) is 21.6 Å². The quantitative estimate of drug-likeness (QED) is 0.677. The van der Waals surface area contributed by atoms with E-state index in [1.807, 2.05) is 0 Å². The Balaban J connectivity index is 2.36. The summed E-state index contributed by atoms with van der Waals surface area (Å²) in [5, 5.41) is 19.0. The third-order valence-corrected chi connectivity index (χ3v) is 3.71. The maximum Gasteiger partial charge on any atom is 0.349 e. The highest BCUT2D eigenvalue weighted by Gasteiger charge is 2.20. The third kappa shape index (κ3) is 3.09. The van der Waals surface area contributed by atoms with E-state index in [1.165, 1.54) is 6.92 Å². The van der Waals surface area contributed by atoms with Gasteiger partial charge in [-0.1, -0.05) is 22.9 Å². The number of rotatable bonds is 4. The molecule has 0 aliphatic rings. The van der Waals surface area contributed by atoms with Crippen molar-refractivity contribution in [3.63, 3.8) is 0 Å². The summed E-state index contributed by atoms with van der Waals surface area (Å²) < 4.78 is 18.8. The molecule has 0 radical (unpaired) electrons. The predicted octanol–water partition coefficient (Wildman–Crippen LogP) is 3.64. The van der Waals surface area contributed by atoms with Crippen LogP contribution < -0.4 is 4.74 Å². The Morgan fingerprint density at radius 2 is 2.24 bits per heavy atom. The lowest BCUT2D eigenvalue weighted by atomic mass is 10.2. The molecule has 1 N–H and O–H groups in total. The number of hydrogen-bond donors (Lipinski definition) is 1. The van der Waals surface area contributed by atoms with Crippen molar-refractivity contribution in [2.45, 2.75) is 6.92 Å². The Hall–Kier alpha value is -2.26. The van der Waals surface area contributed by atoms with Crippen molar-refractivity contribution < 1.29 is 24.0 Å². The molecule has 7 nitrogen and oxygen atoms in total. The average molecular weight is 333 g/mol. The van der Waals surface area contributed by atoms with Crippen LogP contribution in [0.5, 0.6) is 10.9 Å². The van der Waals surface area contributed by atoms with E-state index >= 15 is 0 Å². The van der Waals surface area contributed by atoms with Gasteiger partial charge in [0, 0.05) is 5.56 Å². The van der Waals surface area contributed by atoms with Crippen LogP contribution in [-0.4, -0.2) is 21.0 Å². The molecule has 0 spiro atoms. The van der Waals surface area contributed by atoms with Crippen LogP contribution in [0.2, 0.25) is 5.15 Å². The zero-order chi connectivity index (χ0) is 15.7. The Bertz CT molecular complexity index is 748. The predicted molar refractivity (Wildman–Crippen MR) is 71.9 cm³/mol. The highest BCUT2D eigenvalue weighted by atomic mass is 35.5. The van der Waals surface area contributed by atoms with Crippen LogP contribution in [-0.2, 0) is 0 Å². The zero-order valence-corrected chi connectivity index (χ0v) is 11.9. The lowest BCUT2D eigenvalue weighted by Crippen LogP contribution is -1.95. The van der Waals surface area contributed by atoms with Gasteiger partial charge < -0.3 is 9.84 Å². The number of hydrogen-bond acceptors (Lipinski definition) is 6. The molecule has 0 saturated heterocycles. The maximum atomic E-state index is 13.7. The number of ether oxygens (including phenoxy) is 1. The monoisotopic (exact) mass is 332 g/mol. The first-order chi connectivity index (χ1) is 9.79. The lowest BCUT2D eigenvalue weighted by molar-refractivity contribution is -0.385. The second kappa shape index (κ2) is 5.62. The van der Waals surface area contributed by atoms with Crippen LogP contribution in [0.4, 0.5) is 10.1 Å². The van der Waals surface area contributed by atoms with Crippen molar-refractivity contribution in [3.8, 4) is 10.9 Å². The van der Waals surface area contributed by atoms with Crippen molar-refractivity contribution >= 4 is 34.6 Å². The minimum Gasteiger partial charge on any atom is -0.477 e. The number of aryl methyl sites for hydroxylation is 1. The third-order valence-electron chi connectivity index (χ3n) is 2.40. The number of thiazole rings is 1. The topological polar surface area (TPSA) is 103 Å². The molecule has 0 atom stereocenters. The number of nitro benzene ring substituents is 1. The lowest BCUT2D eigenvalue weighted by Gasteiger charge is -2.04. The van der Waals surface area contributed by atoms with E-state index in [0.717, 1.165) is 12.1 Å². The first kappa shape index (κ1) is 15.1. The number of carboxylic acids is 1. The highest BCUT2D eigenvalue weighted by molar-refractivity contribution is 7.15. The molecule has 0 saturated carbocycles. The van der Waals surface area contributed by atoms with Crippen LogP contribution in [0, 0.1) is 22.9 Å². The summed E-state index contributed by atoms with van der Waals surface area (Å²) in [5.41, 5.74) is -0.194. The molecule has 0 aliphatic heterocycles. The fourth-order valence-corrected chi connectivity index (χ4v) is 2.46. The van der Waals surface area contributed by atoms with E-state index < -0.39 is 16.7 Å². The van der Waals surface area contributed by atoms with Gasteiger partial charge in [-0.05, 0) is 13.0 Å². The zero-order valence-electron chi connectivity index (χ0n) is 10.3. The molecule has 0 unspecified atom stereocenters. The van der Waals surface area contributed by atoms with Crippen LogP contribution in [0.15, 0.2) is 12.1 Å². The molecule has 1 heterocycles. The molecule has 1 aromatic carbocycles. The SMILES string of the molecule is Cc1cc(Oc2nc(Cl)c(C(=O)O)s2)c(F)cc1[N+](=O)[O-]. The molecule has 110 valence electrons. The molecule has 1 aromatic heterocycles. The Labute approximate surface area is 125 Å². The molecule has 2 rings (SSSR count). The smallest absolute Gasteiger partial charge is 0.349 e. The van der Waals surface area contributed by atoms with Crippen molar-refractivity contribution in [3.05, 3.63) is 43.7 Å². The van der Waals surface area contributed by atoms with E-state index in [9.17, 15) is 19.3 Å². The summed E-state index contributed by atoms with van der Waals surface area (Å²) in [5.74, 6) is -2.55. The number of halogens is 2. The van der Waals surface area contributed by atoms with E-state index in [0.29, 0.717) is 11.3 Å². The van der Waals surface area contributed by atoms with Gasteiger partial charge in [0.2, 0.25) is 0 Å². The van der Waals surface area contributed by atoms with Crippen LogP contribution in [0.3, 0.4) is 0 Å². The van der Waals surface area contributed by atoms with Crippen LogP contribution in [0.1, 0.15) is 15.2 Å². The molecule has 21 heavy (non-hydrogen) atoms. The van der Waals surface area contributed by atoms with Gasteiger partial charge in [0.25, 0.3) is 10.9 Å². The number of nitrogens with zero attached hydrogens (tertiary/aromatic N) is 2. The molecule has 2 aromatic rings. The van der Waals surface area contributed by atoms with Gasteiger partial charge >= 0.3 is 5.97 Å². The fraction of sp³-hybridized carbons (Fsp3) is 0.0909. The Kier molecular flexibility index (Phi) is 4.05. The number of carboxylic acid groups (broad SMARTS) is 1. The summed E-state index contributed by atoms with van der Waals surface area (Å²) >= 11 is 6.22. The molecule has 0 bridgehead atoms. The number of aromatic nitrogens is 1. The van der Waals surface area contributed by atoms with Crippen LogP contribution in [0.25, 0.3) is 0 Å². The Morgan fingerprint density at radius 3 is 2.76 bits per heavy atom. The van der Waals surface area contributed by atoms with Gasteiger partial charge in [-0.25, -0.2) is 9.18 Å². The minimum absolute atomic E-state index is 0.176. The fourth-order valence-electron chi connectivity index (χ4n) is 1.47. The number of aromatic carboxylic acids is 1. The van der Waals surface area contributed by atoms with E-state index in [4.69, 9.17) is 21.4 Å². The summed E-state index contributed by atoms with van der Waals surface area (Å²) in [7, 11) is 0. The number of nitro groups is 1. The molecule has 0 fully saturated rings. The first-order valence-electron chi connectivity index (χ1n) is 5.31. The van der Waals surface area contributed by atoms with Crippen molar-refractivity contribution in [2.24, 2.45) is 0 Å². The summed E-state index contributed by atoms with van der Waals surface area (Å²) in [6, 6.07) is 1.85. The standard InChI is InChI=1S/C11H6ClFN2O5S/c1-4-2-7(5(13)3-6(4)15(18)19)20-11-14-9(12)8(21-11)10(16)17/h2-3H,1H3,(H,16,17). The minimum atomic E-state index is -1.28. The number of benzene rings is 1. The van der Waals surface area contributed by atoms with Gasteiger partial charge in [-0.15, -0.1) is 0 Å². The molecular formula is C11H6ClFN2O5S. The largest absolute Gasteiger partial charge is 0.477 e. The van der Waals surface area contributed by atoms with Gasteiger partial charge in [0.05, 0.1) is 11.0 Å². The Morgan fingerprint density at radius 1 is 1.57 bits per heavy atom. The normalized spacial score (nSPS) is 10.4. The second-order valence-electron chi connectivity index (χ2n) is 3.83. The maximum absolute atomic E-state index is 13.7. The highest BCUT2D eigenvalue weighted by Crippen LogP contribution is 2.35. The summed E-state index contributed by atoms with van der Waals surface area (Å²) in [4.78, 5) is 24.2. The summed E-state index contributed by atoms with van der Waals surface area (Å²) in [6.45, 7) is 1.42. The molecule has 0 amide bonds. The second-order valence-corrected chi connectivity index (χ2v) is 5.15. The molecule has 10 heteroatoms. The van der Waals surface area contributed by atoms with Crippen molar-refractivity contribution in [1.82, 2.24) is 4.98 Å².